The summed E-state index contributed by atoms with van der Waals surface area (Å²) in [5.41, 5.74) is 2.70. The van der Waals surface area contributed by atoms with E-state index in [0.717, 1.165) is 11.3 Å². The zero-order valence-electron chi connectivity index (χ0n) is 11.1. The van der Waals surface area contributed by atoms with Crippen molar-refractivity contribution in [1.29, 1.82) is 0 Å². The number of amides is 1. The van der Waals surface area contributed by atoms with E-state index in [1.807, 2.05) is 24.3 Å². The van der Waals surface area contributed by atoms with Crippen molar-refractivity contribution in [2.75, 3.05) is 17.3 Å². The molecule has 0 unspecified atom stereocenters. The Morgan fingerprint density at radius 3 is 2.80 bits per heavy atom. The first-order valence-electron chi connectivity index (χ1n) is 6.53. The highest BCUT2D eigenvalue weighted by Crippen LogP contribution is 2.27. The number of para-hydroxylation sites is 1. The van der Waals surface area contributed by atoms with Gasteiger partial charge in [0.2, 0.25) is 5.91 Å². The Labute approximate surface area is 117 Å². The zero-order valence-corrected chi connectivity index (χ0v) is 11.1. The van der Waals surface area contributed by atoms with Gasteiger partial charge in [0, 0.05) is 24.8 Å². The van der Waals surface area contributed by atoms with E-state index in [0.29, 0.717) is 12.1 Å². The lowest BCUT2D eigenvalue weighted by molar-refractivity contribution is -0.118. The van der Waals surface area contributed by atoms with Crippen LogP contribution < -0.4 is 10.2 Å². The molecule has 0 spiro atoms. The van der Waals surface area contributed by atoms with Crippen molar-refractivity contribution in [3.63, 3.8) is 0 Å². The molecule has 0 radical (unpaired) electrons. The number of benzene rings is 2. The van der Waals surface area contributed by atoms with Gasteiger partial charge < -0.3 is 10.2 Å². The lowest BCUT2D eigenvalue weighted by Crippen LogP contribution is -2.39. The SMILES string of the molecule is CN(C(=O)[C@@H]1Cc2ccccc2N1)c1cccc(F)c1. The van der Waals surface area contributed by atoms with E-state index in [9.17, 15) is 9.18 Å². The summed E-state index contributed by atoms with van der Waals surface area (Å²) in [4.78, 5) is 14.0. The van der Waals surface area contributed by atoms with Crippen LogP contribution in [-0.2, 0) is 11.2 Å². The first-order chi connectivity index (χ1) is 9.65. The van der Waals surface area contributed by atoms with Gasteiger partial charge >= 0.3 is 0 Å². The van der Waals surface area contributed by atoms with E-state index < -0.39 is 0 Å². The lowest BCUT2D eigenvalue weighted by Gasteiger charge is -2.21. The molecule has 102 valence electrons. The Bertz CT molecular complexity index is 631. The first-order valence-corrected chi connectivity index (χ1v) is 6.53. The Kier molecular flexibility index (Phi) is 3.14. The molecule has 0 aromatic heterocycles. The van der Waals surface area contributed by atoms with Gasteiger partial charge in [-0.25, -0.2) is 4.39 Å². The number of hydrogen-bond donors (Lipinski definition) is 1. The molecule has 0 aliphatic carbocycles. The summed E-state index contributed by atoms with van der Waals surface area (Å²) in [6.45, 7) is 0. The number of rotatable bonds is 2. The van der Waals surface area contributed by atoms with Crippen LogP contribution in [0.4, 0.5) is 15.8 Å². The third-order valence-electron chi connectivity index (χ3n) is 3.60. The van der Waals surface area contributed by atoms with Crippen molar-refractivity contribution < 1.29 is 9.18 Å². The average Bonchev–Trinajstić information content (AvgIpc) is 2.89. The predicted octanol–water partition coefficient (Wildman–Crippen LogP) is 2.83. The Hall–Kier alpha value is -2.36. The second-order valence-electron chi connectivity index (χ2n) is 4.94. The predicted molar refractivity (Wildman–Crippen MR) is 77.4 cm³/mol. The molecule has 1 amide bonds. The van der Waals surface area contributed by atoms with Crippen molar-refractivity contribution in [3.05, 3.63) is 59.9 Å². The maximum atomic E-state index is 13.2. The van der Waals surface area contributed by atoms with E-state index >= 15 is 0 Å². The number of nitrogens with one attached hydrogen (secondary N) is 1. The highest BCUT2D eigenvalue weighted by molar-refractivity contribution is 5.99. The third-order valence-corrected chi connectivity index (χ3v) is 3.60. The summed E-state index contributed by atoms with van der Waals surface area (Å²) in [5, 5.41) is 3.21. The highest BCUT2D eigenvalue weighted by Gasteiger charge is 2.29. The van der Waals surface area contributed by atoms with Crippen LogP contribution in [0, 0.1) is 5.82 Å². The summed E-state index contributed by atoms with van der Waals surface area (Å²) in [7, 11) is 1.67. The molecule has 1 atom stereocenters. The van der Waals surface area contributed by atoms with E-state index in [1.54, 1.807) is 19.2 Å². The van der Waals surface area contributed by atoms with Crippen LogP contribution in [-0.4, -0.2) is 19.0 Å². The molecule has 2 aromatic carbocycles. The van der Waals surface area contributed by atoms with Crippen LogP contribution in [0.15, 0.2) is 48.5 Å². The Balaban J connectivity index is 1.78. The van der Waals surface area contributed by atoms with Crippen molar-refractivity contribution >= 4 is 17.3 Å². The number of halogens is 1. The smallest absolute Gasteiger partial charge is 0.249 e. The fraction of sp³-hybridized carbons (Fsp3) is 0.188. The molecule has 4 heteroatoms. The van der Waals surface area contributed by atoms with E-state index in [1.165, 1.54) is 17.0 Å². The van der Waals surface area contributed by atoms with Gasteiger partial charge in [-0.15, -0.1) is 0 Å². The van der Waals surface area contributed by atoms with E-state index in [4.69, 9.17) is 0 Å². The number of nitrogens with zero attached hydrogens (tertiary/aromatic N) is 1. The molecule has 2 aromatic rings. The number of likely N-dealkylation sites (N-methyl/N-ethyl adjacent to an activating group) is 1. The molecular formula is C16H15FN2O. The fourth-order valence-corrected chi connectivity index (χ4v) is 2.49. The maximum Gasteiger partial charge on any atom is 0.249 e. The van der Waals surface area contributed by atoms with Crippen LogP contribution in [0.1, 0.15) is 5.56 Å². The van der Waals surface area contributed by atoms with Gasteiger partial charge in [0.05, 0.1) is 0 Å². The Morgan fingerprint density at radius 2 is 2.05 bits per heavy atom. The largest absolute Gasteiger partial charge is 0.373 e. The van der Waals surface area contributed by atoms with Gasteiger partial charge in [0.25, 0.3) is 0 Å². The summed E-state index contributed by atoms with van der Waals surface area (Å²) in [5.74, 6) is -0.406. The topological polar surface area (TPSA) is 32.3 Å². The molecule has 1 N–H and O–H groups in total. The minimum atomic E-state index is -0.343. The maximum absolute atomic E-state index is 13.2. The Morgan fingerprint density at radius 1 is 1.25 bits per heavy atom. The number of fused-ring (bicyclic) bond motifs is 1. The van der Waals surface area contributed by atoms with Crippen molar-refractivity contribution in [1.82, 2.24) is 0 Å². The molecule has 1 aliphatic rings. The zero-order chi connectivity index (χ0) is 14.1. The molecule has 0 saturated carbocycles. The van der Waals surface area contributed by atoms with Crippen molar-refractivity contribution in [3.8, 4) is 0 Å². The van der Waals surface area contributed by atoms with Crippen LogP contribution in [0.3, 0.4) is 0 Å². The average molecular weight is 270 g/mol. The molecule has 0 bridgehead atoms. The van der Waals surface area contributed by atoms with Gasteiger partial charge in [0.15, 0.2) is 0 Å². The number of hydrogen-bond acceptors (Lipinski definition) is 2. The molecular weight excluding hydrogens is 255 g/mol. The van der Waals surface area contributed by atoms with E-state index in [2.05, 4.69) is 5.32 Å². The minimum absolute atomic E-state index is 0.0631. The lowest BCUT2D eigenvalue weighted by atomic mass is 10.1. The number of anilines is 2. The quantitative estimate of drug-likeness (QED) is 0.910. The number of carbonyl (C=O) groups excluding carboxylic acids is 1. The van der Waals surface area contributed by atoms with Gasteiger partial charge in [0.1, 0.15) is 11.9 Å². The molecule has 3 rings (SSSR count). The fourth-order valence-electron chi connectivity index (χ4n) is 2.49. The second-order valence-corrected chi connectivity index (χ2v) is 4.94. The van der Waals surface area contributed by atoms with Crippen molar-refractivity contribution in [2.24, 2.45) is 0 Å². The van der Waals surface area contributed by atoms with Gasteiger partial charge in [-0.05, 0) is 29.8 Å². The second kappa shape index (κ2) is 4.96. The normalized spacial score (nSPS) is 16.4. The van der Waals surface area contributed by atoms with Crippen molar-refractivity contribution in [2.45, 2.75) is 12.5 Å². The molecule has 1 heterocycles. The molecule has 3 nitrogen and oxygen atoms in total. The van der Waals surface area contributed by atoms with Crippen LogP contribution >= 0.6 is 0 Å². The molecule has 20 heavy (non-hydrogen) atoms. The molecule has 0 saturated heterocycles. The van der Waals surface area contributed by atoms with Gasteiger partial charge in [-0.3, -0.25) is 4.79 Å². The number of carbonyl (C=O) groups is 1. The summed E-state index contributed by atoms with van der Waals surface area (Å²) >= 11 is 0. The summed E-state index contributed by atoms with van der Waals surface area (Å²) in [6.07, 6.45) is 0.661. The van der Waals surface area contributed by atoms with Crippen LogP contribution in [0.2, 0.25) is 0 Å². The van der Waals surface area contributed by atoms with Gasteiger partial charge in [-0.2, -0.15) is 0 Å². The first kappa shape index (κ1) is 12.7. The van der Waals surface area contributed by atoms with E-state index in [-0.39, 0.29) is 17.8 Å². The molecule has 1 aliphatic heterocycles. The highest BCUT2D eigenvalue weighted by atomic mass is 19.1. The van der Waals surface area contributed by atoms with Crippen LogP contribution in [0.25, 0.3) is 0 Å². The third kappa shape index (κ3) is 2.25. The molecule has 0 fully saturated rings. The summed E-state index contributed by atoms with van der Waals surface area (Å²) < 4.78 is 13.2. The monoisotopic (exact) mass is 270 g/mol. The van der Waals surface area contributed by atoms with Gasteiger partial charge in [-0.1, -0.05) is 24.3 Å². The standard InChI is InChI=1S/C16H15FN2O/c1-19(13-7-4-6-12(17)10-13)16(20)15-9-11-5-2-3-8-14(11)18-15/h2-8,10,15,18H,9H2,1H3/t15-/m0/s1. The minimum Gasteiger partial charge on any atom is -0.373 e. The van der Waals surface area contributed by atoms with Crippen LogP contribution in [0.5, 0.6) is 0 Å². The summed E-state index contributed by atoms with van der Waals surface area (Å²) in [6, 6.07) is 13.6.